The maximum Gasteiger partial charge on any atom is 0.326 e. The van der Waals surface area contributed by atoms with Crippen LogP contribution in [0.1, 0.15) is 37.8 Å². The quantitative estimate of drug-likeness (QED) is 0.152. The molecule has 5 atom stereocenters. The van der Waals surface area contributed by atoms with Crippen LogP contribution in [0.25, 0.3) is 0 Å². The highest BCUT2D eigenvalue weighted by atomic mass is 32.2. The van der Waals surface area contributed by atoms with Crippen molar-refractivity contribution in [3.05, 3.63) is 59.7 Å². The number of carbonyl (C=O) groups excluding carboxylic acids is 3. The molecule has 0 aliphatic rings. The van der Waals surface area contributed by atoms with Gasteiger partial charge in [-0.25, -0.2) is 4.79 Å². The normalized spacial score (nSPS) is 14.6. The van der Waals surface area contributed by atoms with E-state index >= 15 is 0 Å². The smallest absolute Gasteiger partial charge is 0.326 e. The SMILES string of the molecule is CCC(C)C(N)C(=O)NC(CCSC)C(=O)NC(Cc1ccc(O)cc1)C(=O)NC(Cc1ccc(O)cc1)C(=O)O. The van der Waals surface area contributed by atoms with E-state index in [-0.39, 0.29) is 36.7 Å². The molecule has 0 radical (unpaired) electrons. The van der Waals surface area contributed by atoms with Gasteiger partial charge in [-0.15, -0.1) is 0 Å². The number of phenolic OH excluding ortho intramolecular Hbond substituents is 2. The predicted molar refractivity (Wildman–Crippen MR) is 157 cm³/mol. The summed E-state index contributed by atoms with van der Waals surface area (Å²) < 4.78 is 0. The van der Waals surface area contributed by atoms with Gasteiger partial charge in [-0.05, 0) is 59.7 Å². The van der Waals surface area contributed by atoms with E-state index in [9.17, 15) is 34.5 Å². The molecule has 0 fully saturated rings. The van der Waals surface area contributed by atoms with Gasteiger partial charge in [0.05, 0.1) is 6.04 Å². The first-order chi connectivity index (χ1) is 19.4. The zero-order chi connectivity index (χ0) is 30.5. The molecule has 0 aliphatic carbocycles. The second-order valence-electron chi connectivity index (χ2n) is 9.96. The number of carboxylic acids is 1. The van der Waals surface area contributed by atoms with Crippen molar-refractivity contribution in [2.45, 2.75) is 63.7 Å². The minimum atomic E-state index is -1.31. The molecule has 2 aromatic rings. The molecule has 2 rings (SSSR count). The number of carboxylic acid groups (broad SMARTS) is 1. The third-order valence-corrected chi connectivity index (χ3v) is 7.45. The molecule has 0 aliphatic heterocycles. The van der Waals surface area contributed by atoms with Gasteiger partial charge < -0.3 is 37.0 Å². The van der Waals surface area contributed by atoms with E-state index in [2.05, 4.69) is 16.0 Å². The molecule has 0 aromatic heterocycles. The lowest BCUT2D eigenvalue weighted by Crippen LogP contribution is -2.58. The number of benzene rings is 2. The Hall–Kier alpha value is -3.77. The lowest BCUT2D eigenvalue weighted by atomic mass is 9.99. The lowest BCUT2D eigenvalue weighted by Gasteiger charge is -2.26. The Bertz CT molecular complexity index is 1160. The monoisotopic (exact) mass is 588 g/mol. The molecule has 0 spiro atoms. The molecule has 0 saturated heterocycles. The molecule has 0 heterocycles. The number of thioether (sulfide) groups is 1. The van der Waals surface area contributed by atoms with Crippen LogP contribution in [0.4, 0.5) is 0 Å². The summed E-state index contributed by atoms with van der Waals surface area (Å²) >= 11 is 1.49. The Kier molecular flexibility index (Phi) is 13.4. The number of amides is 3. The first kappa shape index (κ1) is 33.4. The van der Waals surface area contributed by atoms with Gasteiger partial charge in [0, 0.05) is 12.8 Å². The molecule has 12 heteroatoms. The summed E-state index contributed by atoms with van der Waals surface area (Å²) in [6.07, 6.45) is 2.78. The molecule has 0 saturated carbocycles. The number of nitrogens with one attached hydrogen (secondary N) is 3. The van der Waals surface area contributed by atoms with E-state index in [0.29, 0.717) is 23.3 Å². The van der Waals surface area contributed by atoms with Crippen LogP contribution in [-0.2, 0) is 32.0 Å². The maximum atomic E-state index is 13.4. The first-order valence-corrected chi connectivity index (χ1v) is 14.8. The Balaban J connectivity index is 2.27. The Morgan fingerprint density at radius 3 is 1.68 bits per heavy atom. The van der Waals surface area contributed by atoms with E-state index in [1.54, 1.807) is 24.3 Å². The van der Waals surface area contributed by atoms with Crippen LogP contribution < -0.4 is 21.7 Å². The van der Waals surface area contributed by atoms with Gasteiger partial charge in [-0.2, -0.15) is 11.8 Å². The number of phenols is 2. The number of nitrogens with two attached hydrogens (primary N) is 1. The van der Waals surface area contributed by atoms with Crippen LogP contribution in [0.15, 0.2) is 48.5 Å². The van der Waals surface area contributed by atoms with Crippen LogP contribution in [0.2, 0.25) is 0 Å². The molecule has 11 nitrogen and oxygen atoms in total. The molecule has 0 bridgehead atoms. The number of carbonyl (C=O) groups is 4. The van der Waals surface area contributed by atoms with Crippen molar-refractivity contribution >= 4 is 35.5 Å². The Morgan fingerprint density at radius 1 is 0.780 bits per heavy atom. The van der Waals surface area contributed by atoms with Gasteiger partial charge in [0.1, 0.15) is 29.6 Å². The standard InChI is InChI=1S/C29H40N4O7S/c1-4-17(2)25(30)28(38)31-22(13-14-41-3)26(36)32-23(15-18-5-9-20(34)10-6-18)27(37)33-24(29(39)40)16-19-7-11-21(35)12-8-19/h5-12,17,22-25,34-35H,4,13-16,30H2,1-3H3,(H,31,38)(H,32,36)(H,33,37)(H,39,40). The van der Waals surface area contributed by atoms with Crippen molar-refractivity contribution in [3.8, 4) is 11.5 Å². The van der Waals surface area contributed by atoms with E-state index in [4.69, 9.17) is 5.73 Å². The van der Waals surface area contributed by atoms with Crippen molar-refractivity contribution in [3.63, 3.8) is 0 Å². The average Bonchev–Trinajstić information content (AvgIpc) is 2.95. The van der Waals surface area contributed by atoms with Crippen molar-refractivity contribution < 1.29 is 34.5 Å². The van der Waals surface area contributed by atoms with Crippen LogP contribution >= 0.6 is 11.8 Å². The fourth-order valence-corrected chi connectivity index (χ4v) is 4.45. The van der Waals surface area contributed by atoms with Crippen LogP contribution in [0.5, 0.6) is 11.5 Å². The van der Waals surface area contributed by atoms with Crippen LogP contribution in [0, 0.1) is 5.92 Å². The number of rotatable bonds is 16. The van der Waals surface area contributed by atoms with E-state index in [0.717, 1.165) is 0 Å². The van der Waals surface area contributed by atoms with Crippen LogP contribution in [0.3, 0.4) is 0 Å². The molecule has 224 valence electrons. The summed E-state index contributed by atoms with van der Waals surface area (Å²) in [5, 5.41) is 36.8. The van der Waals surface area contributed by atoms with Crippen molar-refractivity contribution in [2.24, 2.45) is 11.7 Å². The third kappa shape index (κ3) is 11.0. The van der Waals surface area contributed by atoms with Gasteiger partial charge in [0.2, 0.25) is 17.7 Å². The number of hydrogen-bond acceptors (Lipinski definition) is 8. The minimum Gasteiger partial charge on any atom is -0.508 e. The highest BCUT2D eigenvalue weighted by Crippen LogP contribution is 2.14. The summed E-state index contributed by atoms with van der Waals surface area (Å²) in [5.41, 5.74) is 7.25. The summed E-state index contributed by atoms with van der Waals surface area (Å²) in [5.74, 6) is -2.58. The van der Waals surface area contributed by atoms with Gasteiger partial charge in [-0.3, -0.25) is 14.4 Å². The van der Waals surface area contributed by atoms with Crippen molar-refractivity contribution in [1.29, 1.82) is 0 Å². The lowest BCUT2D eigenvalue weighted by molar-refractivity contribution is -0.142. The Morgan fingerprint density at radius 2 is 1.22 bits per heavy atom. The molecule has 41 heavy (non-hydrogen) atoms. The second-order valence-corrected chi connectivity index (χ2v) is 10.9. The fourth-order valence-electron chi connectivity index (χ4n) is 3.97. The fraction of sp³-hybridized carbons (Fsp3) is 0.448. The summed E-state index contributed by atoms with van der Waals surface area (Å²) in [6.45, 7) is 3.75. The summed E-state index contributed by atoms with van der Waals surface area (Å²) in [6, 6.07) is 7.72. The molecular weight excluding hydrogens is 548 g/mol. The molecular formula is C29H40N4O7S. The van der Waals surface area contributed by atoms with Crippen molar-refractivity contribution in [1.82, 2.24) is 16.0 Å². The zero-order valence-electron chi connectivity index (χ0n) is 23.5. The number of aromatic hydroxyl groups is 2. The third-order valence-electron chi connectivity index (χ3n) is 6.80. The summed E-state index contributed by atoms with van der Waals surface area (Å²) in [4.78, 5) is 51.6. The maximum absolute atomic E-state index is 13.4. The minimum absolute atomic E-state index is 0.00101. The zero-order valence-corrected chi connectivity index (χ0v) is 24.3. The van der Waals surface area contributed by atoms with Gasteiger partial charge in [0.15, 0.2) is 0 Å². The van der Waals surface area contributed by atoms with E-state index < -0.39 is 47.9 Å². The predicted octanol–water partition coefficient (Wildman–Crippen LogP) is 1.55. The Labute approximate surface area is 244 Å². The molecule has 5 unspecified atom stereocenters. The van der Waals surface area contributed by atoms with Crippen molar-refractivity contribution in [2.75, 3.05) is 12.0 Å². The number of aliphatic carboxylic acids is 1. The van der Waals surface area contributed by atoms with Crippen LogP contribution in [-0.4, -0.2) is 75.2 Å². The molecule has 3 amide bonds. The van der Waals surface area contributed by atoms with Gasteiger partial charge >= 0.3 is 5.97 Å². The second kappa shape index (κ2) is 16.5. The summed E-state index contributed by atoms with van der Waals surface area (Å²) in [7, 11) is 0. The van der Waals surface area contributed by atoms with E-state index in [1.165, 1.54) is 36.0 Å². The molecule has 8 N–H and O–H groups in total. The van der Waals surface area contributed by atoms with E-state index in [1.807, 2.05) is 20.1 Å². The highest BCUT2D eigenvalue weighted by molar-refractivity contribution is 7.98. The topological polar surface area (TPSA) is 191 Å². The number of hydrogen-bond donors (Lipinski definition) is 7. The average molecular weight is 589 g/mol. The largest absolute Gasteiger partial charge is 0.508 e. The van der Waals surface area contributed by atoms with Gasteiger partial charge in [0.25, 0.3) is 0 Å². The molecule has 2 aromatic carbocycles. The van der Waals surface area contributed by atoms with Gasteiger partial charge in [-0.1, -0.05) is 44.5 Å². The highest BCUT2D eigenvalue weighted by Gasteiger charge is 2.31. The first-order valence-electron chi connectivity index (χ1n) is 13.4.